The summed E-state index contributed by atoms with van der Waals surface area (Å²) in [7, 11) is 0. The van der Waals surface area contributed by atoms with Crippen LogP contribution in [0.2, 0.25) is 0 Å². The van der Waals surface area contributed by atoms with E-state index in [1.807, 2.05) is 6.20 Å². The van der Waals surface area contributed by atoms with E-state index in [9.17, 15) is 0 Å². The van der Waals surface area contributed by atoms with Gasteiger partial charge in [0.05, 0.1) is 18.2 Å². The van der Waals surface area contributed by atoms with Gasteiger partial charge in [0, 0.05) is 0 Å². The Morgan fingerprint density at radius 1 is 1.22 bits per heavy atom. The molecular weight excluding hydrogens is 220 g/mol. The maximum Gasteiger partial charge on any atom is 0.0924 e. The fourth-order valence-corrected chi connectivity index (χ4v) is 2.21. The van der Waals surface area contributed by atoms with Gasteiger partial charge in [-0.3, -0.25) is 0 Å². The van der Waals surface area contributed by atoms with Crippen LogP contribution in [0.1, 0.15) is 35.2 Å². The van der Waals surface area contributed by atoms with Crippen LogP contribution in [0.4, 0.5) is 0 Å². The first-order valence-corrected chi connectivity index (χ1v) is 6.47. The van der Waals surface area contributed by atoms with Crippen molar-refractivity contribution in [3.63, 3.8) is 0 Å². The Hall–Kier alpha value is -1.83. The molecular formula is C16H20N2. The number of allylic oxidation sites excluding steroid dienone is 1. The second-order valence-corrected chi connectivity index (χ2v) is 4.67. The summed E-state index contributed by atoms with van der Waals surface area (Å²) in [5, 5.41) is 0. The van der Waals surface area contributed by atoms with Gasteiger partial charge < -0.3 is 4.98 Å². The lowest BCUT2D eigenvalue weighted by Gasteiger charge is -2.08. The SMILES string of the molecule is Cc1cccc(C)c1CCCC=Cc1cnc[nH]1. The number of nitrogens with one attached hydrogen (secondary N) is 1. The molecule has 0 aliphatic heterocycles. The predicted molar refractivity (Wildman–Crippen MR) is 76.5 cm³/mol. The average molecular weight is 240 g/mol. The molecule has 2 heteroatoms. The number of aromatic amines is 1. The third-order valence-corrected chi connectivity index (χ3v) is 3.26. The molecule has 2 nitrogen and oxygen atoms in total. The van der Waals surface area contributed by atoms with Gasteiger partial charge in [-0.25, -0.2) is 4.98 Å². The summed E-state index contributed by atoms with van der Waals surface area (Å²) in [5.41, 5.74) is 5.40. The van der Waals surface area contributed by atoms with Gasteiger partial charge in [-0.05, 0) is 55.9 Å². The normalized spacial score (nSPS) is 11.2. The van der Waals surface area contributed by atoms with Crippen LogP contribution >= 0.6 is 0 Å². The lowest BCUT2D eigenvalue weighted by atomic mass is 9.98. The zero-order valence-electron chi connectivity index (χ0n) is 11.1. The van der Waals surface area contributed by atoms with Crippen LogP contribution < -0.4 is 0 Å². The van der Waals surface area contributed by atoms with Crippen molar-refractivity contribution in [2.45, 2.75) is 33.1 Å². The van der Waals surface area contributed by atoms with Crippen molar-refractivity contribution in [3.8, 4) is 0 Å². The van der Waals surface area contributed by atoms with Gasteiger partial charge in [0.15, 0.2) is 0 Å². The van der Waals surface area contributed by atoms with Gasteiger partial charge in [-0.1, -0.05) is 24.3 Å². The Morgan fingerprint density at radius 3 is 2.67 bits per heavy atom. The first-order chi connectivity index (χ1) is 8.77. The predicted octanol–water partition coefficient (Wildman–Crippen LogP) is 4.06. The van der Waals surface area contributed by atoms with E-state index < -0.39 is 0 Å². The van der Waals surface area contributed by atoms with E-state index in [1.54, 1.807) is 6.33 Å². The van der Waals surface area contributed by atoms with Crippen molar-refractivity contribution < 1.29 is 0 Å². The highest BCUT2D eigenvalue weighted by Crippen LogP contribution is 2.16. The molecule has 0 amide bonds. The van der Waals surface area contributed by atoms with E-state index in [-0.39, 0.29) is 0 Å². The molecule has 1 N–H and O–H groups in total. The number of benzene rings is 1. The van der Waals surface area contributed by atoms with Gasteiger partial charge in [0.2, 0.25) is 0 Å². The summed E-state index contributed by atoms with van der Waals surface area (Å²) in [5.74, 6) is 0. The lowest BCUT2D eigenvalue weighted by Crippen LogP contribution is -1.93. The number of nitrogens with zero attached hydrogens (tertiary/aromatic N) is 1. The van der Waals surface area contributed by atoms with Crippen molar-refractivity contribution in [2.75, 3.05) is 0 Å². The number of imidazole rings is 1. The first-order valence-electron chi connectivity index (χ1n) is 6.47. The maximum atomic E-state index is 3.99. The zero-order chi connectivity index (χ0) is 12.8. The number of aryl methyl sites for hydroxylation is 2. The third-order valence-electron chi connectivity index (χ3n) is 3.26. The standard InChI is InChI=1S/C16H20N2/c1-13-7-6-8-14(2)16(13)10-5-3-4-9-15-11-17-12-18-15/h4,6-9,11-12H,3,5,10H2,1-2H3,(H,17,18). The van der Waals surface area contributed by atoms with Crippen molar-refractivity contribution in [1.82, 2.24) is 9.97 Å². The Morgan fingerprint density at radius 2 is 2.00 bits per heavy atom. The van der Waals surface area contributed by atoms with Crippen LogP contribution in [0.5, 0.6) is 0 Å². The molecule has 0 unspecified atom stereocenters. The highest BCUT2D eigenvalue weighted by molar-refractivity contribution is 5.42. The molecule has 0 saturated carbocycles. The molecule has 1 aromatic heterocycles. The highest BCUT2D eigenvalue weighted by atomic mass is 14.8. The molecule has 2 aromatic rings. The number of rotatable bonds is 5. The van der Waals surface area contributed by atoms with Crippen LogP contribution in [0.25, 0.3) is 6.08 Å². The molecule has 0 radical (unpaired) electrons. The van der Waals surface area contributed by atoms with Crippen LogP contribution in [0.3, 0.4) is 0 Å². The molecule has 1 aromatic carbocycles. The van der Waals surface area contributed by atoms with E-state index in [2.05, 4.69) is 54.2 Å². The minimum absolute atomic E-state index is 1.07. The summed E-state index contributed by atoms with van der Waals surface area (Å²) in [6.45, 7) is 4.39. The molecule has 0 spiro atoms. The summed E-state index contributed by atoms with van der Waals surface area (Å²) < 4.78 is 0. The van der Waals surface area contributed by atoms with E-state index in [0.717, 1.165) is 18.5 Å². The molecule has 0 aliphatic carbocycles. The van der Waals surface area contributed by atoms with Gasteiger partial charge >= 0.3 is 0 Å². The van der Waals surface area contributed by atoms with Crippen molar-refractivity contribution in [2.24, 2.45) is 0 Å². The van der Waals surface area contributed by atoms with Crippen LogP contribution in [-0.4, -0.2) is 9.97 Å². The maximum absolute atomic E-state index is 3.99. The van der Waals surface area contributed by atoms with Crippen LogP contribution in [0.15, 0.2) is 36.8 Å². The van der Waals surface area contributed by atoms with Gasteiger partial charge in [0.1, 0.15) is 0 Å². The monoisotopic (exact) mass is 240 g/mol. The molecule has 18 heavy (non-hydrogen) atoms. The summed E-state index contributed by atoms with van der Waals surface area (Å²) in [6.07, 6.45) is 11.3. The summed E-state index contributed by atoms with van der Waals surface area (Å²) in [6, 6.07) is 6.53. The van der Waals surface area contributed by atoms with Crippen molar-refractivity contribution >= 4 is 6.08 Å². The van der Waals surface area contributed by atoms with Gasteiger partial charge in [0.25, 0.3) is 0 Å². The molecule has 0 bridgehead atoms. The summed E-state index contributed by atoms with van der Waals surface area (Å²) >= 11 is 0. The van der Waals surface area contributed by atoms with Gasteiger partial charge in [-0.15, -0.1) is 0 Å². The quantitative estimate of drug-likeness (QED) is 0.784. The minimum atomic E-state index is 1.07. The second-order valence-electron chi connectivity index (χ2n) is 4.67. The molecule has 0 aliphatic rings. The Labute approximate surface area is 109 Å². The molecule has 0 saturated heterocycles. The summed E-state index contributed by atoms with van der Waals surface area (Å²) in [4.78, 5) is 7.05. The molecule has 0 fully saturated rings. The number of hydrogen-bond acceptors (Lipinski definition) is 1. The Balaban J connectivity index is 1.82. The average Bonchev–Trinajstić information content (AvgIpc) is 2.85. The molecule has 2 rings (SSSR count). The molecule has 0 atom stereocenters. The largest absolute Gasteiger partial charge is 0.345 e. The molecule has 94 valence electrons. The highest BCUT2D eigenvalue weighted by Gasteiger charge is 2.00. The van der Waals surface area contributed by atoms with Gasteiger partial charge in [-0.2, -0.15) is 0 Å². The smallest absolute Gasteiger partial charge is 0.0924 e. The van der Waals surface area contributed by atoms with Crippen molar-refractivity contribution in [1.29, 1.82) is 0 Å². The minimum Gasteiger partial charge on any atom is -0.345 e. The fraction of sp³-hybridized carbons (Fsp3) is 0.312. The molecule has 1 heterocycles. The fourth-order valence-electron chi connectivity index (χ4n) is 2.21. The Kier molecular flexibility index (Phi) is 4.35. The number of aromatic nitrogens is 2. The third kappa shape index (κ3) is 3.33. The number of H-pyrrole nitrogens is 1. The van der Waals surface area contributed by atoms with E-state index in [0.29, 0.717) is 0 Å². The topological polar surface area (TPSA) is 28.7 Å². The first kappa shape index (κ1) is 12.6. The van der Waals surface area contributed by atoms with E-state index >= 15 is 0 Å². The number of hydrogen-bond donors (Lipinski definition) is 1. The Bertz CT molecular complexity index is 490. The van der Waals surface area contributed by atoms with E-state index in [1.165, 1.54) is 23.1 Å². The number of unbranched alkanes of at least 4 members (excludes halogenated alkanes) is 1. The van der Waals surface area contributed by atoms with Crippen LogP contribution in [-0.2, 0) is 6.42 Å². The van der Waals surface area contributed by atoms with Crippen molar-refractivity contribution in [3.05, 3.63) is 59.2 Å². The lowest BCUT2D eigenvalue weighted by molar-refractivity contribution is 0.833. The second kappa shape index (κ2) is 6.20. The van der Waals surface area contributed by atoms with Crippen LogP contribution in [0, 0.1) is 13.8 Å². The van der Waals surface area contributed by atoms with E-state index in [4.69, 9.17) is 0 Å². The zero-order valence-corrected chi connectivity index (χ0v) is 11.1.